The maximum absolute atomic E-state index is 13.4. The van der Waals surface area contributed by atoms with Crippen molar-refractivity contribution in [3.05, 3.63) is 89.2 Å². The van der Waals surface area contributed by atoms with Gasteiger partial charge in [0.25, 0.3) is 0 Å². The van der Waals surface area contributed by atoms with Gasteiger partial charge in [0.2, 0.25) is 0 Å². The Morgan fingerprint density at radius 3 is 2.64 bits per heavy atom. The molecule has 0 saturated carbocycles. The van der Waals surface area contributed by atoms with E-state index in [0.717, 1.165) is 38.8 Å². The number of carbonyl (C=O) groups excluding carboxylic acids is 1. The summed E-state index contributed by atoms with van der Waals surface area (Å²) >= 11 is 0. The average molecular weight is 492 g/mol. The summed E-state index contributed by atoms with van der Waals surface area (Å²) in [5.74, 6) is 1.03. The lowest BCUT2D eigenvalue weighted by Gasteiger charge is -2.13. The largest absolute Gasteiger partial charge is 0.489 e. The third kappa shape index (κ3) is 6.30. The molecule has 4 aromatic rings. The Labute approximate surface area is 209 Å². The molecule has 0 saturated heterocycles. The van der Waals surface area contributed by atoms with E-state index in [2.05, 4.69) is 0 Å². The van der Waals surface area contributed by atoms with E-state index >= 15 is 0 Å². The van der Waals surface area contributed by atoms with Crippen LogP contribution in [0.15, 0.2) is 71.1 Å². The Morgan fingerprint density at radius 1 is 1.03 bits per heavy atom. The van der Waals surface area contributed by atoms with Gasteiger partial charge in [0.15, 0.2) is 6.30 Å². The van der Waals surface area contributed by atoms with Crippen molar-refractivity contribution in [2.75, 3.05) is 13.7 Å². The van der Waals surface area contributed by atoms with E-state index in [4.69, 9.17) is 24.4 Å². The molecule has 0 aliphatic rings. The molecule has 0 aliphatic heterocycles. The van der Waals surface area contributed by atoms with E-state index < -0.39 is 6.30 Å². The molecule has 1 heterocycles. The molecule has 4 rings (SSSR count). The van der Waals surface area contributed by atoms with Gasteiger partial charge >= 0.3 is 5.97 Å². The normalized spacial score (nSPS) is 12.0. The van der Waals surface area contributed by atoms with Crippen LogP contribution in [0.5, 0.6) is 5.75 Å². The minimum atomic E-state index is -1.42. The quantitative estimate of drug-likeness (QED) is 0.213. The van der Waals surface area contributed by atoms with Crippen LogP contribution >= 0.6 is 0 Å². The maximum atomic E-state index is 13.4. The Balaban J connectivity index is 1.67. The van der Waals surface area contributed by atoms with Crippen LogP contribution in [-0.2, 0) is 40.3 Å². The molecule has 0 bridgehead atoms. The summed E-state index contributed by atoms with van der Waals surface area (Å²) < 4.78 is 36.0. The third-order valence-electron chi connectivity index (χ3n) is 5.69. The lowest BCUT2D eigenvalue weighted by atomic mass is 9.98. The summed E-state index contributed by atoms with van der Waals surface area (Å²) in [6.07, 6.45) is -1.16. The highest BCUT2D eigenvalue weighted by molar-refractivity contribution is 5.93. The minimum absolute atomic E-state index is 0.129. The predicted molar refractivity (Wildman–Crippen MR) is 136 cm³/mol. The van der Waals surface area contributed by atoms with E-state index in [9.17, 15) is 9.18 Å². The van der Waals surface area contributed by atoms with Crippen LogP contribution in [0.2, 0.25) is 0 Å². The van der Waals surface area contributed by atoms with E-state index in [-0.39, 0.29) is 25.4 Å². The predicted octanol–water partition coefficient (Wildman–Crippen LogP) is 5.73. The van der Waals surface area contributed by atoms with Crippen LogP contribution in [0.4, 0.5) is 4.39 Å². The van der Waals surface area contributed by atoms with E-state index in [1.54, 1.807) is 14.0 Å². The number of hydrogen-bond donors (Lipinski definition) is 1. The molecule has 1 atom stereocenters. The molecule has 188 valence electrons. The molecule has 0 amide bonds. The number of furan rings is 1. The minimum Gasteiger partial charge on any atom is -0.489 e. The fourth-order valence-electron chi connectivity index (χ4n) is 4.19. The molecule has 0 unspecified atom stereocenters. The van der Waals surface area contributed by atoms with Crippen molar-refractivity contribution in [2.45, 2.75) is 39.3 Å². The third-order valence-corrected chi connectivity index (χ3v) is 5.69. The van der Waals surface area contributed by atoms with Gasteiger partial charge in [-0.2, -0.15) is 0 Å². The summed E-state index contributed by atoms with van der Waals surface area (Å²) in [5.41, 5.74) is 10.3. The van der Waals surface area contributed by atoms with Crippen molar-refractivity contribution < 1.29 is 27.8 Å². The summed E-state index contributed by atoms with van der Waals surface area (Å²) in [6, 6.07) is 21.0. The zero-order chi connectivity index (χ0) is 25.5. The van der Waals surface area contributed by atoms with Crippen molar-refractivity contribution in [2.24, 2.45) is 5.73 Å². The van der Waals surface area contributed by atoms with Gasteiger partial charge in [-0.05, 0) is 47.9 Å². The molecule has 0 aliphatic carbocycles. The number of halogens is 1. The zero-order valence-corrected chi connectivity index (χ0v) is 20.5. The Bertz CT molecular complexity index is 1330. The van der Waals surface area contributed by atoms with Crippen molar-refractivity contribution >= 4 is 16.9 Å². The molecule has 2 N–H and O–H groups in total. The number of ether oxygens (including phenoxy) is 3. The highest BCUT2D eigenvalue weighted by Crippen LogP contribution is 2.34. The van der Waals surface area contributed by atoms with E-state index in [0.29, 0.717) is 24.7 Å². The molecule has 1 aromatic heterocycles. The fourth-order valence-corrected chi connectivity index (χ4v) is 4.19. The van der Waals surface area contributed by atoms with Gasteiger partial charge in [-0.1, -0.05) is 42.5 Å². The zero-order valence-electron chi connectivity index (χ0n) is 20.5. The second kappa shape index (κ2) is 11.8. The first-order valence-electron chi connectivity index (χ1n) is 11.9. The molecule has 3 aromatic carbocycles. The molecule has 36 heavy (non-hydrogen) atoms. The molecule has 6 nitrogen and oxygen atoms in total. The second-order valence-electron chi connectivity index (χ2n) is 8.51. The van der Waals surface area contributed by atoms with Gasteiger partial charge in [0.1, 0.15) is 30.3 Å². The average Bonchev–Trinajstić information content (AvgIpc) is 3.25. The van der Waals surface area contributed by atoms with Crippen LogP contribution < -0.4 is 10.5 Å². The number of nitrogens with two attached hydrogens (primary N) is 1. The topological polar surface area (TPSA) is 83.9 Å². The van der Waals surface area contributed by atoms with Crippen LogP contribution in [0.3, 0.4) is 0 Å². The number of alkyl halides is 1. The number of benzene rings is 3. The van der Waals surface area contributed by atoms with Crippen LogP contribution in [0.25, 0.3) is 22.1 Å². The Hall–Kier alpha value is -3.68. The number of carbonyl (C=O) groups is 1. The van der Waals surface area contributed by atoms with Gasteiger partial charge in [-0.15, -0.1) is 0 Å². The van der Waals surface area contributed by atoms with Gasteiger partial charge < -0.3 is 24.4 Å². The number of hydrogen-bond acceptors (Lipinski definition) is 6. The van der Waals surface area contributed by atoms with Crippen molar-refractivity contribution in [3.63, 3.8) is 0 Å². The van der Waals surface area contributed by atoms with Crippen molar-refractivity contribution in [3.8, 4) is 16.9 Å². The molecule has 0 fully saturated rings. The molecular formula is C29H30FNO5. The van der Waals surface area contributed by atoms with Gasteiger partial charge in [0.05, 0.1) is 13.0 Å². The van der Waals surface area contributed by atoms with Crippen LogP contribution in [-0.4, -0.2) is 26.0 Å². The molecule has 0 radical (unpaired) electrons. The Kier molecular flexibility index (Phi) is 8.36. The lowest BCUT2D eigenvalue weighted by Crippen LogP contribution is -2.15. The highest BCUT2D eigenvalue weighted by Gasteiger charge is 2.15. The van der Waals surface area contributed by atoms with E-state index in [1.165, 1.54) is 0 Å². The molecule has 7 heteroatoms. The molecule has 0 spiro atoms. The molecular weight excluding hydrogens is 461 g/mol. The highest BCUT2D eigenvalue weighted by atomic mass is 19.1. The van der Waals surface area contributed by atoms with Gasteiger partial charge in [-0.25, -0.2) is 4.39 Å². The summed E-state index contributed by atoms with van der Waals surface area (Å²) in [5, 5.41) is 0.908. The number of rotatable bonds is 11. The number of esters is 1. The first-order chi connectivity index (χ1) is 17.5. The number of para-hydroxylation sites is 1. The van der Waals surface area contributed by atoms with E-state index in [1.807, 2.05) is 66.7 Å². The number of fused-ring (bicyclic) bond motifs is 1. The Morgan fingerprint density at radius 2 is 1.86 bits per heavy atom. The monoisotopic (exact) mass is 491 g/mol. The van der Waals surface area contributed by atoms with Crippen LogP contribution in [0.1, 0.15) is 29.4 Å². The summed E-state index contributed by atoms with van der Waals surface area (Å²) in [7, 11) is 1.62. The van der Waals surface area contributed by atoms with Crippen LogP contribution in [0, 0.1) is 0 Å². The summed E-state index contributed by atoms with van der Waals surface area (Å²) in [6.45, 7) is 2.74. The smallest absolute Gasteiger partial charge is 0.310 e. The first kappa shape index (κ1) is 25.4. The summed E-state index contributed by atoms with van der Waals surface area (Å²) in [4.78, 5) is 12.0. The lowest BCUT2D eigenvalue weighted by molar-refractivity contribution is -0.142. The second-order valence-corrected chi connectivity index (χ2v) is 8.51. The fraction of sp³-hybridized carbons (Fsp3) is 0.276. The van der Waals surface area contributed by atoms with Gasteiger partial charge in [0, 0.05) is 30.0 Å². The SMILES string of the molecule is CCOC(=O)Cc1ccccc1OCc1cc(-c2cccc(C[C@@H](N)F)c2)c2oc(COC)cc2c1. The van der Waals surface area contributed by atoms with Gasteiger partial charge in [-0.3, -0.25) is 4.79 Å². The standard InChI is InChI=1S/C29H30FNO5/c1-3-34-28(32)16-22-8-4-5-10-26(22)35-17-20-12-23-15-24(18-33-2)36-29(23)25(13-20)21-9-6-7-19(11-21)14-27(30)31/h4-13,15,27H,3,14,16-18,31H2,1-2H3/t27-/m1/s1. The van der Waals surface area contributed by atoms with Crippen molar-refractivity contribution in [1.29, 1.82) is 0 Å². The maximum Gasteiger partial charge on any atom is 0.310 e. The first-order valence-corrected chi connectivity index (χ1v) is 11.9. The van der Waals surface area contributed by atoms with Crippen molar-refractivity contribution in [1.82, 2.24) is 0 Å². The number of methoxy groups -OCH3 is 1.